The second-order valence-corrected chi connectivity index (χ2v) is 7.24. The molecule has 0 bridgehead atoms. The predicted molar refractivity (Wildman–Crippen MR) is 91.3 cm³/mol. The fourth-order valence-electron chi connectivity index (χ4n) is 1.76. The summed E-state index contributed by atoms with van der Waals surface area (Å²) in [6.07, 6.45) is 2.55. The first-order valence-corrected chi connectivity index (χ1v) is 8.31. The minimum atomic E-state index is 0.00482. The third kappa shape index (κ3) is 6.87. The smallest absolute Gasteiger partial charge is 0.225 e. The van der Waals surface area contributed by atoms with E-state index in [9.17, 15) is 4.79 Å². The molecule has 118 valence electrons. The van der Waals surface area contributed by atoms with Crippen molar-refractivity contribution in [3.8, 4) is 5.75 Å². The number of amides is 1. The molecule has 0 spiro atoms. The van der Waals surface area contributed by atoms with Gasteiger partial charge in [-0.05, 0) is 39.2 Å². The molecule has 0 radical (unpaired) electrons. The van der Waals surface area contributed by atoms with Crippen LogP contribution in [0.2, 0.25) is 0 Å². The maximum Gasteiger partial charge on any atom is 0.225 e. The van der Waals surface area contributed by atoms with Crippen molar-refractivity contribution in [2.75, 3.05) is 25.2 Å². The van der Waals surface area contributed by atoms with Gasteiger partial charge in [-0.3, -0.25) is 4.79 Å². The van der Waals surface area contributed by atoms with E-state index in [-0.39, 0.29) is 16.7 Å². The van der Waals surface area contributed by atoms with Crippen LogP contribution in [0.5, 0.6) is 5.75 Å². The standard InChI is InChI=1S/C16H26N2O2S/c1-12(17-11-16(2,3)21-5)9-15(19)18-13-7-6-8-14(10-13)20-4/h6-8,10,12,17H,9,11H2,1-5H3,(H,18,19). The second kappa shape index (κ2) is 8.29. The Kier molecular flexibility index (Phi) is 7.05. The molecule has 1 atom stereocenters. The zero-order valence-corrected chi connectivity index (χ0v) is 14.3. The molecule has 0 aromatic heterocycles. The van der Waals surface area contributed by atoms with E-state index in [0.29, 0.717) is 6.42 Å². The van der Waals surface area contributed by atoms with Crippen LogP contribution in [0, 0.1) is 0 Å². The molecule has 0 aliphatic heterocycles. The van der Waals surface area contributed by atoms with Gasteiger partial charge < -0.3 is 15.4 Å². The summed E-state index contributed by atoms with van der Waals surface area (Å²) in [5.41, 5.74) is 0.760. The van der Waals surface area contributed by atoms with E-state index in [0.717, 1.165) is 18.0 Å². The predicted octanol–water partition coefficient (Wildman–Crippen LogP) is 3.14. The summed E-state index contributed by atoms with van der Waals surface area (Å²) in [6, 6.07) is 7.52. The highest BCUT2D eigenvalue weighted by atomic mass is 32.2. The zero-order chi connectivity index (χ0) is 15.9. The topological polar surface area (TPSA) is 50.4 Å². The number of carbonyl (C=O) groups excluding carboxylic acids is 1. The maximum absolute atomic E-state index is 12.0. The van der Waals surface area contributed by atoms with Crippen LogP contribution in [0.3, 0.4) is 0 Å². The van der Waals surface area contributed by atoms with Gasteiger partial charge in [-0.2, -0.15) is 11.8 Å². The van der Waals surface area contributed by atoms with Crippen molar-refractivity contribution >= 4 is 23.4 Å². The summed E-state index contributed by atoms with van der Waals surface area (Å²) in [4.78, 5) is 12.0. The summed E-state index contributed by atoms with van der Waals surface area (Å²) < 4.78 is 5.32. The fraction of sp³-hybridized carbons (Fsp3) is 0.562. The van der Waals surface area contributed by atoms with E-state index in [1.807, 2.05) is 43.0 Å². The number of anilines is 1. The molecule has 1 aromatic carbocycles. The Balaban J connectivity index is 2.42. The van der Waals surface area contributed by atoms with Crippen LogP contribution < -0.4 is 15.4 Å². The van der Waals surface area contributed by atoms with Gasteiger partial charge in [0.25, 0.3) is 0 Å². The van der Waals surface area contributed by atoms with Gasteiger partial charge in [-0.15, -0.1) is 0 Å². The molecule has 0 saturated heterocycles. The summed E-state index contributed by atoms with van der Waals surface area (Å²) >= 11 is 1.82. The number of rotatable bonds is 8. The summed E-state index contributed by atoms with van der Waals surface area (Å²) in [5.74, 6) is 0.742. The average molecular weight is 310 g/mol. The molecular weight excluding hydrogens is 284 g/mol. The van der Waals surface area contributed by atoms with Gasteiger partial charge in [0.15, 0.2) is 0 Å². The minimum absolute atomic E-state index is 0.00482. The van der Waals surface area contributed by atoms with Crippen molar-refractivity contribution in [1.29, 1.82) is 0 Å². The van der Waals surface area contributed by atoms with Gasteiger partial charge in [0.05, 0.1) is 7.11 Å². The van der Waals surface area contributed by atoms with Crippen molar-refractivity contribution in [2.24, 2.45) is 0 Å². The highest BCUT2D eigenvalue weighted by molar-refractivity contribution is 7.99. The number of thioether (sulfide) groups is 1. The summed E-state index contributed by atoms with van der Waals surface area (Å²) in [6.45, 7) is 7.28. The van der Waals surface area contributed by atoms with Gasteiger partial charge in [0, 0.05) is 35.5 Å². The molecule has 1 unspecified atom stereocenters. The van der Waals surface area contributed by atoms with Crippen molar-refractivity contribution < 1.29 is 9.53 Å². The molecule has 1 amide bonds. The monoisotopic (exact) mass is 310 g/mol. The van der Waals surface area contributed by atoms with Crippen molar-refractivity contribution in [3.63, 3.8) is 0 Å². The van der Waals surface area contributed by atoms with Gasteiger partial charge >= 0.3 is 0 Å². The number of benzene rings is 1. The lowest BCUT2D eigenvalue weighted by atomic mass is 10.1. The van der Waals surface area contributed by atoms with Gasteiger partial charge in [0.2, 0.25) is 5.91 Å². The summed E-state index contributed by atoms with van der Waals surface area (Å²) in [5, 5.41) is 6.30. The molecule has 4 nitrogen and oxygen atoms in total. The van der Waals surface area contributed by atoms with E-state index >= 15 is 0 Å². The number of carbonyl (C=O) groups is 1. The number of nitrogens with one attached hydrogen (secondary N) is 2. The highest BCUT2D eigenvalue weighted by Crippen LogP contribution is 2.20. The number of hydrogen-bond acceptors (Lipinski definition) is 4. The Morgan fingerprint density at radius 2 is 2.14 bits per heavy atom. The fourth-order valence-corrected chi connectivity index (χ4v) is 1.98. The molecule has 2 N–H and O–H groups in total. The lowest BCUT2D eigenvalue weighted by molar-refractivity contribution is -0.116. The van der Waals surface area contributed by atoms with Crippen molar-refractivity contribution in [1.82, 2.24) is 5.32 Å². The molecule has 0 heterocycles. The van der Waals surface area contributed by atoms with Crippen LogP contribution in [-0.2, 0) is 4.79 Å². The SMILES string of the molecule is COc1cccc(NC(=O)CC(C)NCC(C)(C)SC)c1. The lowest BCUT2D eigenvalue weighted by Gasteiger charge is -2.25. The third-order valence-electron chi connectivity index (χ3n) is 3.27. The van der Waals surface area contributed by atoms with E-state index < -0.39 is 0 Å². The van der Waals surface area contributed by atoms with Crippen LogP contribution in [-0.4, -0.2) is 36.6 Å². The average Bonchev–Trinajstić information content (AvgIpc) is 2.45. The Hall–Kier alpha value is -1.20. The Labute approximate surface area is 132 Å². The molecule has 0 saturated carbocycles. The highest BCUT2D eigenvalue weighted by Gasteiger charge is 2.17. The Morgan fingerprint density at radius 3 is 2.76 bits per heavy atom. The largest absolute Gasteiger partial charge is 0.497 e. The van der Waals surface area contributed by atoms with Crippen LogP contribution in [0.25, 0.3) is 0 Å². The maximum atomic E-state index is 12.0. The second-order valence-electron chi connectivity index (χ2n) is 5.73. The molecule has 0 fully saturated rings. The van der Waals surface area contributed by atoms with Crippen LogP contribution in [0.4, 0.5) is 5.69 Å². The molecule has 5 heteroatoms. The van der Waals surface area contributed by atoms with Gasteiger partial charge in [-0.1, -0.05) is 6.07 Å². The van der Waals surface area contributed by atoms with Crippen LogP contribution in [0.15, 0.2) is 24.3 Å². The molecule has 1 aromatic rings. The first-order chi connectivity index (χ1) is 9.86. The number of ether oxygens (including phenoxy) is 1. The minimum Gasteiger partial charge on any atom is -0.497 e. The lowest BCUT2D eigenvalue weighted by Crippen LogP contribution is -2.39. The summed E-state index contributed by atoms with van der Waals surface area (Å²) in [7, 11) is 1.61. The van der Waals surface area contributed by atoms with E-state index in [1.165, 1.54) is 0 Å². The molecular formula is C16H26N2O2S. The van der Waals surface area contributed by atoms with Crippen LogP contribution >= 0.6 is 11.8 Å². The molecule has 0 aliphatic rings. The van der Waals surface area contributed by atoms with Crippen molar-refractivity contribution in [2.45, 2.75) is 38.0 Å². The number of hydrogen-bond donors (Lipinski definition) is 2. The zero-order valence-electron chi connectivity index (χ0n) is 13.5. The quantitative estimate of drug-likeness (QED) is 0.774. The molecule has 21 heavy (non-hydrogen) atoms. The number of methoxy groups -OCH3 is 1. The first kappa shape index (κ1) is 17.9. The van der Waals surface area contributed by atoms with Crippen LogP contribution in [0.1, 0.15) is 27.2 Å². The van der Waals surface area contributed by atoms with E-state index in [2.05, 4.69) is 30.7 Å². The first-order valence-electron chi connectivity index (χ1n) is 7.09. The van der Waals surface area contributed by atoms with Gasteiger partial charge in [-0.25, -0.2) is 0 Å². The van der Waals surface area contributed by atoms with Gasteiger partial charge in [0.1, 0.15) is 5.75 Å². The normalized spacial score (nSPS) is 12.8. The van der Waals surface area contributed by atoms with E-state index in [4.69, 9.17) is 4.74 Å². The third-order valence-corrected chi connectivity index (χ3v) is 4.52. The van der Waals surface area contributed by atoms with E-state index in [1.54, 1.807) is 7.11 Å². The molecule has 1 rings (SSSR count). The molecule has 0 aliphatic carbocycles. The Bertz CT molecular complexity index is 463. The van der Waals surface area contributed by atoms with Crippen molar-refractivity contribution in [3.05, 3.63) is 24.3 Å². The Morgan fingerprint density at radius 1 is 1.43 bits per heavy atom.